The van der Waals surface area contributed by atoms with Crippen molar-refractivity contribution in [1.82, 2.24) is 5.16 Å². The summed E-state index contributed by atoms with van der Waals surface area (Å²) in [6.45, 7) is 8.81. The van der Waals surface area contributed by atoms with Crippen LogP contribution in [0.15, 0.2) is 10.6 Å². The number of nitrogens with one attached hydrogen (secondary N) is 1. The summed E-state index contributed by atoms with van der Waals surface area (Å²) in [5.41, 5.74) is 0. The molecule has 0 saturated heterocycles. The minimum absolute atomic E-state index is 0.108. The highest BCUT2D eigenvalue weighted by atomic mass is 16.5. The van der Waals surface area contributed by atoms with E-state index in [0.29, 0.717) is 18.2 Å². The second-order valence-corrected chi connectivity index (χ2v) is 4.12. The maximum absolute atomic E-state index is 11.8. The minimum Gasteiger partial charge on any atom is -0.465 e. The number of hydrogen-bond acceptors (Lipinski definition) is 5. The Hall–Kier alpha value is -1.52. The van der Waals surface area contributed by atoms with Crippen molar-refractivity contribution in [2.75, 3.05) is 18.5 Å². The molecule has 1 N–H and O–H groups in total. The van der Waals surface area contributed by atoms with Crippen LogP contribution in [0.2, 0.25) is 0 Å². The monoisotopic (exact) mass is 240 g/mol. The van der Waals surface area contributed by atoms with Crippen LogP contribution in [-0.2, 0) is 9.53 Å². The molecule has 0 saturated carbocycles. The zero-order valence-electron chi connectivity index (χ0n) is 10.8. The molecule has 0 bridgehead atoms. The summed E-state index contributed by atoms with van der Waals surface area (Å²) in [5.74, 6) is 0.653. The molecule has 0 aromatic carbocycles. The Morgan fingerprint density at radius 2 is 2.24 bits per heavy atom. The number of nitrogens with zero attached hydrogens (tertiary/aromatic N) is 1. The first-order valence-electron chi connectivity index (χ1n) is 5.97. The summed E-state index contributed by atoms with van der Waals surface area (Å²) in [7, 11) is 0. The molecule has 17 heavy (non-hydrogen) atoms. The second kappa shape index (κ2) is 6.27. The van der Waals surface area contributed by atoms with Gasteiger partial charge < -0.3 is 14.6 Å². The fourth-order valence-electron chi connectivity index (χ4n) is 1.65. The quantitative estimate of drug-likeness (QED) is 0.773. The highest BCUT2D eigenvalue weighted by Gasteiger charge is 2.29. The molecule has 1 aromatic rings. The first-order chi connectivity index (χ1) is 8.10. The van der Waals surface area contributed by atoms with E-state index in [1.54, 1.807) is 13.0 Å². The molecule has 1 aromatic heterocycles. The van der Waals surface area contributed by atoms with E-state index in [9.17, 15) is 4.79 Å². The first kappa shape index (κ1) is 13.5. The summed E-state index contributed by atoms with van der Waals surface area (Å²) < 4.78 is 10.2. The molecule has 0 aliphatic carbocycles. The van der Waals surface area contributed by atoms with Gasteiger partial charge in [0, 0.05) is 12.6 Å². The molecule has 1 atom stereocenters. The molecular weight excluding hydrogens is 220 g/mol. The van der Waals surface area contributed by atoms with Gasteiger partial charge in [-0.25, -0.2) is 0 Å². The van der Waals surface area contributed by atoms with Crippen molar-refractivity contribution in [2.24, 2.45) is 5.92 Å². The average Bonchev–Trinajstić information content (AvgIpc) is 2.67. The third-order valence-corrected chi connectivity index (χ3v) is 2.40. The van der Waals surface area contributed by atoms with Crippen LogP contribution in [0.4, 0.5) is 5.82 Å². The van der Waals surface area contributed by atoms with Gasteiger partial charge in [0.2, 0.25) is 0 Å². The van der Waals surface area contributed by atoms with E-state index < -0.39 is 5.92 Å². The number of hydrogen-bond donors (Lipinski definition) is 1. The molecule has 0 aliphatic heterocycles. The summed E-state index contributed by atoms with van der Waals surface area (Å²) in [6, 6.07) is 1.76. The molecule has 0 radical (unpaired) electrons. The Morgan fingerprint density at radius 1 is 1.53 bits per heavy atom. The summed E-state index contributed by atoms with van der Waals surface area (Å²) in [6.07, 6.45) is 0. The zero-order chi connectivity index (χ0) is 12.8. The SMILES string of the molecule is CCNc1cc(C(C(=O)OCC)C(C)C)on1. The van der Waals surface area contributed by atoms with Crippen molar-refractivity contribution in [3.05, 3.63) is 11.8 Å². The Kier molecular flexibility index (Phi) is 5.00. The van der Waals surface area contributed by atoms with E-state index in [1.807, 2.05) is 20.8 Å². The smallest absolute Gasteiger partial charge is 0.317 e. The highest BCUT2D eigenvalue weighted by Crippen LogP contribution is 2.27. The van der Waals surface area contributed by atoms with Crippen LogP contribution in [-0.4, -0.2) is 24.3 Å². The molecule has 0 aliphatic rings. The number of ether oxygens (including phenoxy) is 1. The van der Waals surface area contributed by atoms with Gasteiger partial charge in [0.1, 0.15) is 5.92 Å². The molecule has 5 heteroatoms. The molecule has 5 nitrogen and oxygen atoms in total. The van der Waals surface area contributed by atoms with Gasteiger partial charge in [-0.15, -0.1) is 0 Å². The third kappa shape index (κ3) is 3.47. The van der Waals surface area contributed by atoms with Crippen molar-refractivity contribution in [2.45, 2.75) is 33.6 Å². The van der Waals surface area contributed by atoms with Crippen molar-refractivity contribution in [3.8, 4) is 0 Å². The van der Waals surface area contributed by atoms with Gasteiger partial charge in [0.25, 0.3) is 0 Å². The Labute approximate surface area is 102 Å². The lowest BCUT2D eigenvalue weighted by atomic mass is 9.93. The highest BCUT2D eigenvalue weighted by molar-refractivity contribution is 5.77. The zero-order valence-corrected chi connectivity index (χ0v) is 10.8. The van der Waals surface area contributed by atoms with E-state index in [2.05, 4.69) is 10.5 Å². The average molecular weight is 240 g/mol. The largest absolute Gasteiger partial charge is 0.465 e. The second-order valence-electron chi connectivity index (χ2n) is 4.12. The van der Waals surface area contributed by atoms with Crippen molar-refractivity contribution < 1.29 is 14.1 Å². The van der Waals surface area contributed by atoms with Gasteiger partial charge >= 0.3 is 5.97 Å². The standard InChI is InChI=1S/C12H20N2O3/c1-5-13-10-7-9(17-14-10)11(8(3)4)12(15)16-6-2/h7-8,11H,5-6H2,1-4H3,(H,13,14). The van der Waals surface area contributed by atoms with Crippen LogP contribution >= 0.6 is 0 Å². The number of aromatic nitrogens is 1. The lowest BCUT2D eigenvalue weighted by Crippen LogP contribution is -2.20. The van der Waals surface area contributed by atoms with E-state index in [4.69, 9.17) is 9.26 Å². The fourth-order valence-corrected chi connectivity index (χ4v) is 1.65. The van der Waals surface area contributed by atoms with Crippen LogP contribution in [0.1, 0.15) is 39.4 Å². The maximum atomic E-state index is 11.8. The van der Waals surface area contributed by atoms with E-state index in [1.165, 1.54) is 0 Å². The van der Waals surface area contributed by atoms with Crippen molar-refractivity contribution >= 4 is 11.8 Å². The molecule has 1 unspecified atom stereocenters. The van der Waals surface area contributed by atoms with Crippen molar-refractivity contribution in [1.29, 1.82) is 0 Å². The Balaban J connectivity index is 2.85. The number of esters is 1. The first-order valence-corrected chi connectivity index (χ1v) is 5.97. The van der Waals surface area contributed by atoms with E-state index in [-0.39, 0.29) is 11.9 Å². The van der Waals surface area contributed by atoms with Gasteiger partial charge in [-0.05, 0) is 19.8 Å². The van der Waals surface area contributed by atoms with Gasteiger partial charge in [-0.3, -0.25) is 4.79 Å². The molecule has 96 valence electrons. The van der Waals surface area contributed by atoms with E-state index >= 15 is 0 Å². The lowest BCUT2D eigenvalue weighted by Gasteiger charge is -2.15. The van der Waals surface area contributed by atoms with Crippen LogP contribution in [0.5, 0.6) is 0 Å². The predicted octanol–water partition coefficient (Wildman–Crippen LogP) is 2.41. The molecule has 0 amide bonds. The van der Waals surface area contributed by atoms with E-state index in [0.717, 1.165) is 6.54 Å². The van der Waals surface area contributed by atoms with Crippen molar-refractivity contribution in [3.63, 3.8) is 0 Å². The topological polar surface area (TPSA) is 64.4 Å². The number of rotatable bonds is 6. The molecule has 0 fully saturated rings. The predicted molar refractivity (Wildman–Crippen MR) is 64.9 cm³/mol. The van der Waals surface area contributed by atoms with Crippen LogP contribution < -0.4 is 5.32 Å². The molecule has 0 spiro atoms. The van der Waals surface area contributed by atoms with Gasteiger partial charge in [-0.2, -0.15) is 0 Å². The number of anilines is 1. The third-order valence-electron chi connectivity index (χ3n) is 2.40. The summed E-state index contributed by atoms with van der Waals surface area (Å²) >= 11 is 0. The Bertz CT molecular complexity index is 360. The lowest BCUT2D eigenvalue weighted by molar-refractivity contribution is -0.146. The van der Waals surface area contributed by atoms with Crippen LogP contribution in [0.25, 0.3) is 0 Å². The summed E-state index contributed by atoms with van der Waals surface area (Å²) in [4.78, 5) is 11.8. The number of carbonyl (C=O) groups is 1. The van der Waals surface area contributed by atoms with Crippen LogP contribution in [0.3, 0.4) is 0 Å². The van der Waals surface area contributed by atoms with Gasteiger partial charge in [-0.1, -0.05) is 19.0 Å². The summed E-state index contributed by atoms with van der Waals surface area (Å²) in [5, 5.41) is 6.89. The minimum atomic E-state index is -0.394. The molecule has 1 heterocycles. The van der Waals surface area contributed by atoms with Crippen LogP contribution in [0, 0.1) is 5.92 Å². The maximum Gasteiger partial charge on any atom is 0.317 e. The van der Waals surface area contributed by atoms with Gasteiger partial charge in [0.05, 0.1) is 6.61 Å². The normalized spacial score (nSPS) is 12.5. The molecule has 1 rings (SSSR count). The Morgan fingerprint density at radius 3 is 2.76 bits per heavy atom. The number of carbonyl (C=O) groups excluding carboxylic acids is 1. The molecular formula is C12H20N2O3. The van der Waals surface area contributed by atoms with Gasteiger partial charge in [0.15, 0.2) is 11.6 Å². The fraction of sp³-hybridized carbons (Fsp3) is 0.667.